The highest BCUT2D eigenvalue weighted by Gasteiger charge is 2.24. The van der Waals surface area contributed by atoms with E-state index in [0.29, 0.717) is 33.5 Å². The van der Waals surface area contributed by atoms with Crippen LogP contribution in [0.5, 0.6) is 23.0 Å². The number of hydrogen-bond acceptors (Lipinski definition) is 9. The summed E-state index contributed by atoms with van der Waals surface area (Å²) in [6.45, 7) is 4.28. The average molecular weight is 726 g/mol. The van der Waals surface area contributed by atoms with Gasteiger partial charge in [-0.05, 0) is 104 Å². The molecule has 0 aliphatic carbocycles. The molecule has 5 aromatic carbocycles. The summed E-state index contributed by atoms with van der Waals surface area (Å²) in [6, 6.07) is 29.0. The van der Waals surface area contributed by atoms with Crippen LogP contribution in [0.2, 0.25) is 10.0 Å². The van der Waals surface area contributed by atoms with Crippen LogP contribution in [-0.4, -0.2) is 24.5 Å². The van der Waals surface area contributed by atoms with Crippen molar-refractivity contribution >= 4 is 52.5 Å². The summed E-state index contributed by atoms with van der Waals surface area (Å²) in [4.78, 5) is 39.1. The van der Waals surface area contributed by atoms with Crippen LogP contribution >= 0.6 is 23.2 Å². The third-order valence-electron chi connectivity index (χ3n) is 7.44. The Morgan fingerprint density at radius 1 is 0.608 bits per heavy atom. The van der Waals surface area contributed by atoms with Crippen LogP contribution in [0.3, 0.4) is 0 Å². The molecule has 0 saturated heterocycles. The second kappa shape index (κ2) is 17.9. The maximum absolute atomic E-state index is 13.4. The fraction of sp³-hybridized carbons (Fsp3) is 0.175. The third-order valence-corrected chi connectivity index (χ3v) is 7.93. The fourth-order valence-corrected chi connectivity index (χ4v) is 5.01. The molecule has 0 fully saturated rings. The molecule has 0 atom stereocenters. The van der Waals surface area contributed by atoms with Gasteiger partial charge in [0.25, 0.3) is 0 Å². The van der Waals surface area contributed by atoms with Crippen LogP contribution in [0.15, 0.2) is 119 Å². The maximum Gasteiger partial charge on any atom is 0.343 e. The van der Waals surface area contributed by atoms with Crippen molar-refractivity contribution in [3.63, 3.8) is 0 Å². The lowest BCUT2D eigenvalue weighted by Crippen LogP contribution is -2.13. The molecule has 0 unspecified atom stereocenters. The standard InChI is InChI=1S/C40H34Cl2N2O7/c1-3-4-5-6-24-48-37-35(50-39(46)28-14-16-30(41)17-15-28)23-22-34(36(37)51-40(47)29-8-7-9-31(42)25-29)44-43-32-18-20-33(21-19-32)49-38(45)27-12-10-26(2)11-13-27/h7-23,25H,3-6,24H2,1-2H3. The van der Waals surface area contributed by atoms with Crippen LogP contribution in [0.1, 0.15) is 69.2 Å². The van der Waals surface area contributed by atoms with E-state index in [9.17, 15) is 14.4 Å². The lowest BCUT2D eigenvalue weighted by Gasteiger charge is -2.17. The highest BCUT2D eigenvalue weighted by molar-refractivity contribution is 6.31. The Morgan fingerprint density at radius 3 is 1.96 bits per heavy atom. The molecular weight excluding hydrogens is 691 g/mol. The topological polar surface area (TPSA) is 113 Å². The number of carbonyl (C=O) groups is 3. The molecule has 0 radical (unpaired) electrons. The molecule has 0 N–H and O–H groups in total. The Hall–Kier alpha value is -5.51. The van der Waals surface area contributed by atoms with E-state index in [2.05, 4.69) is 17.2 Å². The summed E-state index contributed by atoms with van der Waals surface area (Å²) in [7, 11) is 0. The molecule has 0 bridgehead atoms. The molecule has 5 aromatic rings. The smallest absolute Gasteiger partial charge is 0.343 e. The summed E-state index contributed by atoms with van der Waals surface area (Å²) >= 11 is 12.2. The number of benzene rings is 5. The number of esters is 3. The van der Waals surface area contributed by atoms with Gasteiger partial charge in [0.05, 0.1) is 29.0 Å². The summed E-state index contributed by atoms with van der Waals surface area (Å²) < 4.78 is 23.3. The van der Waals surface area contributed by atoms with Crippen molar-refractivity contribution in [3.8, 4) is 23.0 Å². The number of carbonyl (C=O) groups excluding carboxylic acids is 3. The average Bonchev–Trinajstić information content (AvgIpc) is 3.13. The number of nitrogens with zero attached hydrogens (tertiary/aromatic N) is 2. The second-order valence-corrected chi connectivity index (χ2v) is 12.3. The molecule has 5 rings (SSSR count). The van der Waals surface area contributed by atoms with Crippen LogP contribution < -0.4 is 18.9 Å². The minimum absolute atomic E-state index is 0.000920. The summed E-state index contributed by atoms with van der Waals surface area (Å²) in [5.41, 5.74) is 2.42. The molecule has 0 saturated carbocycles. The Labute approximate surface area is 305 Å². The lowest BCUT2D eigenvalue weighted by atomic mass is 10.1. The summed E-state index contributed by atoms with van der Waals surface area (Å²) in [5.74, 6) is -1.69. The molecule has 0 amide bonds. The predicted molar refractivity (Wildman–Crippen MR) is 196 cm³/mol. The number of halogens is 2. The van der Waals surface area contributed by atoms with Crippen molar-refractivity contribution in [2.75, 3.05) is 6.61 Å². The van der Waals surface area contributed by atoms with E-state index in [1.165, 1.54) is 30.3 Å². The minimum Gasteiger partial charge on any atom is -0.486 e. The van der Waals surface area contributed by atoms with Gasteiger partial charge in [-0.15, -0.1) is 5.11 Å². The van der Waals surface area contributed by atoms with Crippen molar-refractivity contribution in [1.82, 2.24) is 0 Å². The molecule has 0 spiro atoms. The Morgan fingerprint density at radius 2 is 1.27 bits per heavy atom. The minimum atomic E-state index is -0.745. The van der Waals surface area contributed by atoms with Crippen molar-refractivity contribution in [3.05, 3.63) is 141 Å². The Bertz CT molecular complexity index is 2010. The zero-order valence-corrected chi connectivity index (χ0v) is 29.4. The number of azo groups is 1. The molecule has 0 aliphatic rings. The number of hydrogen-bond donors (Lipinski definition) is 0. The van der Waals surface area contributed by atoms with Gasteiger partial charge in [-0.1, -0.05) is 73.2 Å². The predicted octanol–water partition coefficient (Wildman–Crippen LogP) is 11.3. The van der Waals surface area contributed by atoms with Gasteiger partial charge in [-0.2, -0.15) is 5.11 Å². The van der Waals surface area contributed by atoms with Gasteiger partial charge in [-0.3, -0.25) is 0 Å². The quantitative estimate of drug-likeness (QED) is 0.0484. The van der Waals surface area contributed by atoms with Crippen molar-refractivity contribution in [1.29, 1.82) is 0 Å². The number of ether oxygens (including phenoxy) is 4. The van der Waals surface area contributed by atoms with E-state index < -0.39 is 17.9 Å². The van der Waals surface area contributed by atoms with E-state index in [1.54, 1.807) is 66.7 Å². The van der Waals surface area contributed by atoms with Gasteiger partial charge in [0, 0.05) is 10.0 Å². The summed E-state index contributed by atoms with van der Waals surface area (Å²) in [6.07, 6.45) is 3.64. The van der Waals surface area contributed by atoms with E-state index in [4.69, 9.17) is 42.1 Å². The Kier molecular flexibility index (Phi) is 12.9. The first-order valence-electron chi connectivity index (χ1n) is 16.3. The zero-order chi connectivity index (χ0) is 36.2. The molecule has 0 heterocycles. The molecule has 260 valence electrons. The largest absolute Gasteiger partial charge is 0.486 e. The van der Waals surface area contributed by atoms with E-state index >= 15 is 0 Å². The van der Waals surface area contributed by atoms with Gasteiger partial charge >= 0.3 is 17.9 Å². The van der Waals surface area contributed by atoms with Crippen molar-refractivity contribution in [2.45, 2.75) is 39.5 Å². The molecule has 9 nitrogen and oxygen atoms in total. The molecule has 51 heavy (non-hydrogen) atoms. The van der Waals surface area contributed by atoms with Gasteiger partial charge in [0.15, 0.2) is 5.75 Å². The second-order valence-electron chi connectivity index (χ2n) is 11.4. The van der Waals surface area contributed by atoms with E-state index in [1.807, 2.05) is 19.1 Å². The zero-order valence-electron chi connectivity index (χ0n) is 27.9. The first-order chi connectivity index (χ1) is 24.7. The van der Waals surface area contributed by atoms with E-state index in [0.717, 1.165) is 24.8 Å². The van der Waals surface area contributed by atoms with Gasteiger partial charge in [0.1, 0.15) is 11.4 Å². The molecule has 0 aliphatic heterocycles. The first-order valence-corrected chi connectivity index (χ1v) is 17.0. The molecular formula is C40H34Cl2N2O7. The van der Waals surface area contributed by atoms with Crippen LogP contribution in [0, 0.1) is 6.92 Å². The monoisotopic (exact) mass is 724 g/mol. The SMILES string of the molecule is CCCCCCOc1c(OC(=O)c2ccc(Cl)cc2)ccc(N=Nc2ccc(OC(=O)c3ccc(C)cc3)cc2)c1OC(=O)c1cccc(Cl)c1. The molecule has 0 aromatic heterocycles. The van der Waals surface area contributed by atoms with E-state index in [-0.39, 0.29) is 40.7 Å². The maximum atomic E-state index is 13.4. The van der Waals surface area contributed by atoms with Gasteiger partial charge < -0.3 is 18.9 Å². The Balaban J connectivity index is 1.46. The third kappa shape index (κ3) is 10.5. The number of rotatable bonds is 14. The fourth-order valence-electron chi connectivity index (χ4n) is 4.69. The highest BCUT2D eigenvalue weighted by atomic mass is 35.5. The number of unbranched alkanes of at least 4 members (excludes halogenated alkanes) is 3. The lowest BCUT2D eigenvalue weighted by molar-refractivity contribution is 0.0711. The van der Waals surface area contributed by atoms with Crippen LogP contribution in [0.25, 0.3) is 0 Å². The highest BCUT2D eigenvalue weighted by Crippen LogP contribution is 2.46. The van der Waals surface area contributed by atoms with Gasteiger partial charge in [0.2, 0.25) is 11.5 Å². The normalized spacial score (nSPS) is 10.9. The van der Waals surface area contributed by atoms with Crippen molar-refractivity contribution < 1.29 is 33.3 Å². The van der Waals surface area contributed by atoms with Crippen LogP contribution in [-0.2, 0) is 0 Å². The molecule has 11 heteroatoms. The van der Waals surface area contributed by atoms with Crippen molar-refractivity contribution in [2.24, 2.45) is 10.2 Å². The summed E-state index contributed by atoms with van der Waals surface area (Å²) in [5, 5.41) is 9.50. The number of aryl methyl sites for hydroxylation is 1. The first kappa shape index (κ1) is 36.8. The van der Waals surface area contributed by atoms with Crippen LogP contribution in [0.4, 0.5) is 11.4 Å². The van der Waals surface area contributed by atoms with Gasteiger partial charge in [-0.25, -0.2) is 14.4 Å².